The molecule has 0 aliphatic rings. The number of benzene rings is 1. The molecule has 0 radical (unpaired) electrons. The number of hydrogen-bond acceptors (Lipinski definition) is 2. The lowest BCUT2D eigenvalue weighted by molar-refractivity contribution is -0.131. The van der Waals surface area contributed by atoms with Crippen molar-refractivity contribution in [1.82, 2.24) is 4.90 Å². The summed E-state index contributed by atoms with van der Waals surface area (Å²) < 4.78 is 0. The van der Waals surface area contributed by atoms with Gasteiger partial charge >= 0.3 is 0 Å². The third-order valence-corrected chi connectivity index (χ3v) is 3.58. The van der Waals surface area contributed by atoms with Gasteiger partial charge in [-0.3, -0.25) is 4.79 Å². The highest BCUT2D eigenvalue weighted by atomic mass is 35.5. The summed E-state index contributed by atoms with van der Waals surface area (Å²) in [6.45, 7) is 6.10. The molecule has 0 bridgehead atoms. The van der Waals surface area contributed by atoms with Crippen molar-refractivity contribution in [3.05, 3.63) is 29.8 Å². The quantitative estimate of drug-likeness (QED) is 0.699. The number of carbonyl (C=O) groups is 1. The lowest BCUT2D eigenvalue weighted by atomic mass is 10.1. The molecular weight excluding hydrogens is 284 g/mol. The largest absolute Gasteiger partial charge is 0.399 e. The first-order valence-electron chi connectivity index (χ1n) is 7.80. The fourth-order valence-corrected chi connectivity index (χ4v) is 2.22. The van der Waals surface area contributed by atoms with Crippen LogP contribution in [-0.4, -0.2) is 23.9 Å². The van der Waals surface area contributed by atoms with Gasteiger partial charge in [-0.2, -0.15) is 0 Å². The molecule has 0 heterocycles. The van der Waals surface area contributed by atoms with E-state index in [4.69, 9.17) is 5.73 Å². The summed E-state index contributed by atoms with van der Waals surface area (Å²) in [5.41, 5.74) is 7.78. The van der Waals surface area contributed by atoms with E-state index in [0.717, 1.165) is 56.4 Å². The number of carbonyl (C=O) groups excluding carboxylic acids is 1. The highest BCUT2D eigenvalue weighted by molar-refractivity contribution is 5.85. The van der Waals surface area contributed by atoms with E-state index in [-0.39, 0.29) is 18.3 Å². The van der Waals surface area contributed by atoms with Gasteiger partial charge in [-0.15, -0.1) is 12.4 Å². The molecule has 0 aromatic heterocycles. The Balaban J connectivity index is 0.00000400. The van der Waals surface area contributed by atoms with E-state index >= 15 is 0 Å². The predicted octanol–water partition coefficient (Wildman–Crippen LogP) is 4.05. The molecule has 1 aromatic rings. The second kappa shape index (κ2) is 11.4. The zero-order valence-electron chi connectivity index (χ0n) is 13.3. The standard InChI is InChI=1S/C17H28N2O.ClH/c1-3-5-13-19(14-6-4-2)17(20)12-11-15-9-7-8-10-16(15)18;/h7-10H,3-6,11-14,18H2,1-2H3;1H. The van der Waals surface area contributed by atoms with Crippen molar-refractivity contribution in [1.29, 1.82) is 0 Å². The number of unbranched alkanes of at least 4 members (excludes halogenated alkanes) is 2. The minimum absolute atomic E-state index is 0. The number of anilines is 1. The van der Waals surface area contributed by atoms with E-state index in [9.17, 15) is 4.79 Å². The molecule has 0 saturated heterocycles. The highest BCUT2D eigenvalue weighted by Gasteiger charge is 2.12. The molecule has 21 heavy (non-hydrogen) atoms. The lowest BCUT2D eigenvalue weighted by Crippen LogP contribution is -2.33. The summed E-state index contributed by atoms with van der Waals surface area (Å²) in [5, 5.41) is 0. The molecule has 4 heteroatoms. The number of nitrogen functional groups attached to an aromatic ring is 1. The minimum atomic E-state index is 0. The van der Waals surface area contributed by atoms with Crippen molar-refractivity contribution in [3.8, 4) is 0 Å². The summed E-state index contributed by atoms with van der Waals surface area (Å²) in [6.07, 6.45) is 5.72. The van der Waals surface area contributed by atoms with Gasteiger partial charge in [0.1, 0.15) is 0 Å². The molecule has 0 aliphatic heterocycles. The van der Waals surface area contributed by atoms with E-state index in [1.807, 2.05) is 29.2 Å². The molecule has 0 fully saturated rings. The summed E-state index contributed by atoms with van der Waals surface area (Å²) in [6, 6.07) is 7.80. The van der Waals surface area contributed by atoms with Crippen LogP contribution < -0.4 is 5.73 Å². The molecule has 120 valence electrons. The fourth-order valence-electron chi connectivity index (χ4n) is 2.22. The van der Waals surface area contributed by atoms with Gasteiger partial charge in [0, 0.05) is 25.2 Å². The van der Waals surface area contributed by atoms with Crippen LogP contribution in [-0.2, 0) is 11.2 Å². The molecule has 0 aliphatic carbocycles. The van der Waals surface area contributed by atoms with E-state index in [0.29, 0.717) is 6.42 Å². The Bertz CT molecular complexity index is 402. The van der Waals surface area contributed by atoms with Crippen molar-refractivity contribution in [2.45, 2.75) is 52.4 Å². The molecular formula is C17H29ClN2O. The van der Waals surface area contributed by atoms with Crippen molar-refractivity contribution in [2.24, 2.45) is 0 Å². The first kappa shape index (κ1) is 19.8. The van der Waals surface area contributed by atoms with Gasteiger partial charge in [0.15, 0.2) is 0 Å². The maximum absolute atomic E-state index is 12.3. The predicted molar refractivity (Wildman–Crippen MR) is 92.8 cm³/mol. The molecule has 1 amide bonds. The third-order valence-electron chi connectivity index (χ3n) is 3.58. The third kappa shape index (κ3) is 7.37. The molecule has 0 unspecified atom stereocenters. The monoisotopic (exact) mass is 312 g/mol. The van der Waals surface area contributed by atoms with Gasteiger partial charge in [-0.25, -0.2) is 0 Å². The summed E-state index contributed by atoms with van der Waals surface area (Å²) in [4.78, 5) is 14.3. The lowest BCUT2D eigenvalue weighted by Gasteiger charge is -2.22. The van der Waals surface area contributed by atoms with Gasteiger partial charge < -0.3 is 10.6 Å². The summed E-state index contributed by atoms with van der Waals surface area (Å²) in [7, 11) is 0. The number of aryl methyl sites for hydroxylation is 1. The minimum Gasteiger partial charge on any atom is -0.399 e. The Morgan fingerprint density at radius 2 is 1.67 bits per heavy atom. The van der Waals surface area contributed by atoms with Gasteiger partial charge in [0.25, 0.3) is 0 Å². The molecule has 3 nitrogen and oxygen atoms in total. The first-order chi connectivity index (χ1) is 9.69. The van der Waals surface area contributed by atoms with E-state index in [2.05, 4.69) is 13.8 Å². The number of hydrogen-bond donors (Lipinski definition) is 1. The van der Waals surface area contributed by atoms with Crippen LogP contribution in [0.3, 0.4) is 0 Å². The zero-order chi connectivity index (χ0) is 14.8. The molecule has 0 spiro atoms. The van der Waals surface area contributed by atoms with Crippen LogP contribution in [0.1, 0.15) is 51.5 Å². The van der Waals surface area contributed by atoms with Crippen molar-refractivity contribution < 1.29 is 4.79 Å². The smallest absolute Gasteiger partial charge is 0.222 e. The highest BCUT2D eigenvalue weighted by Crippen LogP contribution is 2.13. The Morgan fingerprint density at radius 3 is 2.19 bits per heavy atom. The fraction of sp³-hybridized carbons (Fsp3) is 0.588. The Kier molecular flexibility index (Phi) is 10.8. The Hall–Kier alpha value is -1.22. The van der Waals surface area contributed by atoms with E-state index < -0.39 is 0 Å². The zero-order valence-corrected chi connectivity index (χ0v) is 14.1. The molecule has 1 aromatic carbocycles. The van der Waals surface area contributed by atoms with Crippen molar-refractivity contribution in [3.63, 3.8) is 0 Å². The van der Waals surface area contributed by atoms with Crippen LogP contribution in [0.2, 0.25) is 0 Å². The summed E-state index contributed by atoms with van der Waals surface area (Å²) >= 11 is 0. The number of halogens is 1. The van der Waals surface area contributed by atoms with Crippen LogP contribution in [0.4, 0.5) is 5.69 Å². The van der Waals surface area contributed by atoms with Gasteiger partial charge in [-0.05, 0) is 30.9 Å². The molecule has 2 N–H and O–H groups in total. The topological polar surface area (TPSA) is 46.3 Å². The normalized spacial score (nSPS) is 10.0. The average Bonchev–Trinajstić information content (AvgIpc) is 2.46. The second-order valence-corrected chi connectivity index (χ2v) is 5.29. The van der Waals surface area contributed by atoms with Gasteiger partial charge in [-0.1, -0.05) is 44.9 Å². The second-order valence-electron chi connectivity index (χ2n) is 5.29. The van der Waals surface area contributed by atoms with Crippen molar-refractivity contribution in [2.75, 3.05) is 18.8 Å². The van der Waals surface area contributed by atoms with Crippen LogP contribution in [0.5, 0.6) is 0 Å². The molecule has 0 saturated carbocycles. The molecule has 0 atom stereocenters. The van der Waals surface area contributed by atoms with Crippen LogP contribution in [0, 0.1) is 0 Å². The molecule has 1 rings (SSSR count). The van der Waals surface area contributed by atoms with Crippen LogP contribution in [0.15, 0.2) is 24.3 Å². The maximum Gasteiger partial charge on any atom is 0.222 e. The maximum atomic E-state index is 12.3. The Labute approximate surface area is 135 Å². The van der Waals surface area contributed by atoms with Gasteiger partial charge in [0.2, 0.25) is 5.91 Å². The number of para-hydroxylation sites is 1. The number of rotatable bonds is 9. The summed E-state index contributed by atoms with van der Waals surface area (Å²) in [5.74, 6) is 0.259. The van der Waals surface area contributed by atoms with E-state index in [1.54, 1.807) is 0 Å². The Morgan fingerprint density at radius 1 is 1.10 bits per heavy atom. The van der Waals surface area contributed by atoms with Crippen molar-refractivity contribution >= 4 is 24.0 Å². The van der Waals surface area contributed by atoms with E-state index in [1.165, 1.54) is 0 Å². The average molecular weight is 313 g/mol. The van der Waals surface area contributed by atoms with Crippen LogP contribution >= 0.6 is 12.4 Å². The number of nitrogens with zero attached hydrogens (tertiary/aromatic N) is 1. The van der Waals surface area contributed by atoms with Crippen LogP contribution in [0.25, 0.3) is 0 Å². The number of nitrogens with two attached hydrogens (primary N) is 1. The first-order valence-corrected chi connectivity index (χ1v) is 7.80. The SMILES string of the molecule is CCCCN(CCCC)C(=O)CCc1ccccc1N.Cl. The van der Waals surface area contributed by atoms with Gasteiger partial charge in [0.05, 0.1) is 0 Å². The number of amides is 1.